The summed E-state index contributed by atoms with van der Waals surface area (Å²) in [6.45, 7) is 1.93. The molecule has 0 aromatic carbocycles. The zero-order valence-corrected chi connectivity index (χ0v) is 6.51. The Hall–Kier alpha value is -0.0800. The van der Waals surface area contributed by atoms with Gasteiger partial charge in [0, 0.05) is 0 Å². The van der Waals surface area contributed by atoms with Gasteiger partial charge in [-0.1, -0.05) is 19.8 Å². The largest absolute Gasteiger partial charge is 0.390 e. The molecule has 60 valence electrons. The van der Waals surface area contributed by atoms with Crippen LogP contribution in [0.4, 0.5) is 0 Å². The second kappa shape index (κ2) is 2.89. The van der Waals surface area contributed by atoms with Crippen molar-refractivity contribution in [3.05, 3.63) is 0 Å². The van der Waals surface area contributed by atoms with E-state index in [2.05, 4.69) is 0 Å². The number of rotatable bonds is 1. The van der Waals surface area contributed by atoms with Crippen LogP contribution in [0.1, 0.15) is 39.0 Å². The van der Waals surface area contributed by atoms with Crippen molar-refractivity contribution in [1.82, 2.24) is 0 Å². The highest BCUT2D eigenvalue weighted by atomic mass is 16.3. The van der Waals surface area contributed by atoms with E-state index in [1.54, 1.807) is 0 Å². The van der Waals surface area contributed by atoms with Gasteiger partial charge in [-0.15, -0.1) is 0 Å². The zero-order valence-electron chi connectivity index (χ0n) is 6.51. The fraction of sp³-hybridized carbons (Fsp3) is 1.00. The van der Waals surface area contributed by atoms with Gasteiger partial charge in [-0.2, -0.15) is 0 Å². The van der Waals surface area contributed by atoms with Crippen LogP contribution >= 0.6 is 0 Å². The van der Waals surface area contributed by atoms with E-state index in [0.29, 0.717) is 6.42 Å². The number of hydrogen-bond donors (Lipinski definition) is 2. The summed E-state index contributed by atoms with van der Waals surface area (Å²) < 4.78 is 0. The fourth-order valence-electron chi connectivity index (χ4n) is 1.62. The third kappa shape index (κ3) is 1.32. The lowest BCUT2D eigenvalue weighted by Crippen LogP contribution is -2.44. The molecule has 2 N–H and O–H groups in total. The number of hydrogen-bond acceptors (Lipinski definition) is 2. The molecule has 0 bridgehead atoms. The Balaban J connectivity index is 2.54. The molecule has 1 aliphatic rings. The fourth-order valence-corrected chi connectivity index (χ4v) is 1.62. The summed E-state index contributed by atoms with van der Waals surface area (Å²) >= 11 is 0. The van der Waals surface area contributed by atoms with Crippen LogP contribution < -0.4 is 0 Å². The van der Waals surface area contributed by atoms with Gasteiger partial charge in [-0.3, -0.25) is 0 Å². The summed E-state index contributed by atoms with van der Waals surface area (Å²) in [6.07, 6.45) is 3.85. The smallest absolute Gasteiger partial charge is 0.0902 e. The molecule has 2 atom stereocenters. The van der Waals surface area contributed by atoms with Crippen LogP contribution in [0, 0.1) is 0 Å². The van der Waals surface area contributed by atoms with Crippen LogP contribution in [0.25, 0.3) is 0 Å². The molecule has 0 aromatic rings. The Labute approximate surface area is 61.9 Å². The Kier molecular flexibility index (Phi) is 2.32. The second-order valence-corrected chi connectivity index (χ2v) is 3.22. The van der Waals surface area contributed by atoms with E-state index in [0.717, 1.165) is 25.7 Å². The van der Waals surface area contributed by atoms with E-state index in [-0.39, 0.29) is 0 Å². The van der Waals surface area contributed by atoms with Crippen molar-refractivity contribution in [3.63, 3.8) is 0 Å². The maximum absolute atomic E-state index is 9.70. The lowest BCUT2D eigenvalue weighted by Gasteiger charge is -2.35. The summed E-state index contributed by atoms with van der Waals surface area (Å²) in [4.78, 5) is 0. The van der Waals surface area contributed by atoms with Crippen LogP contribution in [-0.4, -0.2) is 21.9 Å². The Morgan fingerprint density at radius 1 is 1.50 bits per heavy atom. The Morgan fingerprint density at radius 2 is 2.20 bits per heavy atom. The zero-order chi connectivity index (χ0) is 7.61. The SMILES string of the molecule is CC[C@]1(O)CCCC[C@@H]1O. The number of aliphatic hydroxyl groups excluding tert-OH is 1. The van der Waals surface area contributed by atoms with Crippen molar-refractivity contribution in [1.29, 1.82) is 0 Å². The Morgan fingerprint density at radius 3 is 2.60 bits per heavy atom. The van der Waals surface area contributed by atoms with Crippen molar-refractivity contribution in [2.75, 3.05) is 0 Å². The van der Waals surface area contributed by atoms with Crippen molar-refractivity contribution < 1.29 is 10.2 Å². The topological polar surface area (TPSA) is 40.5 Å². The van der Waals surface area contributed by atoms with Gasteiger partial charge >= 0.3 is 0 Å². The lowest BCUT2D eigenvalue weighted by molar-refractivity contribution is -0.101. The van der Waals surface area contributed by atoms with Crippen LogP contribution in [0.5, 0.6) is 0 Å². The van der Waals surface area contributed by atoms with Gasteiger partial charge in [0.1, 0.15) is 0 Å². The molecule has 0 heterocycles. The predicted molar refractivity (Wildman–Crippen MR) is 39.7 cm³/mol. The molecule has 1 saturated carbocycles. The normalized spacial score (nSPS) is 41.7. The third-order valence-corrected chi connectivity index (χ3v) is 2.57. The van der Waals surface area contributed by atoms with Gasteiger partial charge in [0.15, 0.2) is 0 Å². The highest BCUT2D eigenvalue weighted by Crippen LogP contribution is 2.30. The number of aliphatic hydroxyl groups is 2. The third-order valence-electron chi connectivity index (χ3n) is 2.57. The molecule has 2 nitrogen and oxygen atoms in total. The van der Waals surface area contributed by atoms with Crippen molar-refractivity contribution >= 4 is 0 Å². The van der Waals surface area contributed by atoms with E-state index in [4.69, 9.17) is 0 Å². The average molecular weight is 144 g/mol. The molecule has 1 rings (SSSR count). The molecule has 0 spiro atoms. The second-order valence-electron chi connectivity index (χ2n) is 3.22. The molecule has 0 aromatic heterocycles. The molecule has 10 heavy (non-hydrogen) atoms. The van der Waals surface area contributed by atoms with Crippen LogP contribution in [0.15, 0.2) is 0 Å². The van der Waals surface area contributed by atoms with E-state index in [1.807, 2.05) is 6.92 Å². The summed E-state index contributed by atoms with van der Waals surface area (Å²) in [7, 11) is 0. The maximum atomic E-state index is 9.70. The molecule has 2 heteroatoms. The highest BCUT2D eigenvalue weighted by molar-refractivity contribution is 4.88. The van der Waals surface area contributed by atoms with Crippen molar-refractivity contribution in [3.8, 4) is 0 Å². The van der Waals surface area contributed by atoms with E-state index in [9.17, 15) is 10.2 Å². The molecule has 1 aliphatic carbocycles. The Bertz CT molecular complexity index is 114. The summed E-state index contributed by atoms with van der Waals surface area (Å²) in [5, 5.41) is 19.1. The van der Waals surface area contributed by atoms with E-state index >= 15 is 0 Å². The first-order valence-electron chi connectivity index (χ1n) is 4.09. The summed E-state index contributed by atoms with van der Waals surface area (Å²) in [5.41, 5.74) is -0.766. The molecule has 0 saturated heterocycles. The lowest BCUT2D eigenvalue weighted by atomic mass is 9.80. The highest BCUT2D eigenvalue weighted by Gasteiger charge is 2.35. The van der Waals surface area contributed by atoms with Gasteiger partial charge < -0.3 is 10.2 Å². The molecule has 0 unspecified atom stereocenters. The molecular weight excluding hydrogens is 128 g/mol. The van der Waals surface area contributed by atoms with Gasteiger partial charge in [0.25, 0.3) is 0 Å². The van der Waals surface area contributed by atoms with Crippen LogP contribution in [0.2, 0.25) is 0 Å². The maximum Gasteiger partial charge on any atom is 0.0902 e. The van der Waals surface area contributed by atoms with Crippen LogP contribution in [0.3, 0.4) is 0 Å². The standard InChI is InChI=1S/C8H16O2/c1-2-8(10)6-4-3-5-7(8)9/h7,9-10H,2-6H2,1H3/t7-,8-/m0/s1. The van der Waals surface area contributed by atoms with Crippen LogP contribution in [-0.2, 0) is 0 Å². The van der Waals surface area contributed by atoms with Gasteiger partial charge in [-0.05, 0) is 19.3 Å². The van der Waals surface area contributed by atoms with Crippen molar-refractivity contribution in [2.45, 2.75) is 50.7 Å². The molecule has 0 radical (unpaired) electrons. The van der Waals surface area contributed by atoms with E-state index < -0.39 is 11.7 Å². The van der Waals surface area contributed by atoms with E-state index in [1.165, 1.54) is 0 Å². The minimum absolute atomic E-state index is 0.480. The molecular formula is C8H16O2. The quantitative estimate of drug-likeness (QED) is 0.577. The van der Waals surface area contributed by atoms with Gasteiger partial charge in [-0.25, -0.2) is 0 Å². The average Bonchev–Trinajstić information content (AvgIpc) is 1.96. The van der Waals surface area contributed by atoms with Gasteiger partial charge in [0.05, 0.1) is 11.7 Å². The summed E-state index contributed by atoms with van der Waals surface area (Å²) in [5.74, 6) is 0. The predicted octanol–water partition coefficient (Wildman–Crippen LogP) is 1.06. The monoisotopic (exact) mass is 144 g/mol. The first kappa shape index (κ1) is 8.02. The first-order chi connectivity index (χ1) is 4.69. The van der Waals surface area contributed by atoms with Gasteiger partial charge in [0.2, 0.25) is 0 Å². The first-order valence-corrected chi connectivity index (χ1v) is 4.09. The summed E-state index contributed by atoms with van der Waals surface area (Å²) in [6, 6.07) is 0. The molecule has 0 aliphatic heterocycles. The van der Waals surface area contributed by atoms with Crippen molar-refractivity contribution in [2.24, 2.45) is 0 Å². The minimum Gasteiger partial charge on any atom is -0.390 e. The molecule has 1 fully saturated rings. The minimum atomic E-state index is -0.766. The molecule has 0 amide bonds.